The number of hydrogen-bond acceptors (Lipinski definition) is 4. The van der Waals surface area contributed by atoms with Gasteiger partial charge in [0.2, 0.25) is 0 Å². The molecule has 0 aliphatic carbocycles. The number of methoxy groups -OCH3 is 1. The smallest absolute Gasteiger partial charge is 0.0798 e. The van der Waals surface area contributed by atoms with Gasteiger partial charge < -0.3 is 4.74 Å². The number of likely N-dealkylation sites (tertiary alicyclic amines) is 1. The van der Waals surface area contributed by atoms with Crippen molar-refractivity contribution >= 4 is 11.3 Å². The molecule has 3 rings (SSSR count). The molecule has 1 aromatic carbocycles. The van der Waals surface area contributed by atoms with E-state index < -0.39 is 0 Å². The van der Waals surface area contributed by atoms with Crippen molar-refractivity contribution in [1.29, 1.82) is 0 Å². The first-order valence-corrected chi connectivity index (χ1v) is 9.26. The van der Waals surface area contributed by atoms with Crippen LogP contribution in [0.15, 0.2) is 29.8 Å². The SMILES string of the molecule is CO[C@H]1CCCN(Cc2scnc2C)[C@H]1Cc1ccc(C)cc1. The Hall–Kier alpha value is -1.23. The first-order valence-electron chi connectivity index (χ1n) is 8.38. The van der Waals surface area contributed by atoms with Crippen LogP contribution in [0.25, 0.3) is 0 Å². The molecule has 1 fully saturated rings. The number of nitrogens with zero attached hydrogens (tertiary/aromatic N) is 2. The normalized spacial score (nSPS) is 22.4. The van der Waals surface area contributed by atoms with Gasteiger partial charge in [-0.05, 0) is 45.2 Å². The summed E-state index contributed by atoms with van der Waals surface area (Å²) in [6, 6.07) is 9.37. The van der Waals surface area contributed by atoms with Crippen molar-refractivity contribution in [3.05, 3.63) is 51.5 Å². The topological polar surface area (TPSA) is 25.4 Å². The molecule has 0 saturated carbocycles. The van der Waals surface area contributed by atoms with Crippen molar-refractivity contribution in [3.8, 4) is 0 Å². The molecule has 1 saturated heterocycles. The third-order valence-corrected chi connectivity index (χ3v) is 5.81. The fraction of sp³-hybridized carbons (Fsp3) is 0.526. The van der Waals surface area contributed by atoms with Crippen LogP contribution < -0.4 is 0 Å². The van der Waals surface area contributed by atoms with Gasteiger partial charge in [-0.15, -0.1) is 11.3 Å². The minimum atomic E-state index is 0.318. The average Bonchev–Trinajstić information content (AvgIpc) is 2.96. The van der Waals surface area contributed by atoms with E-state index in [2.05, 4.69) is 48.0 Å². The zero-order valence-corrected chi connectivity index (χ0v) is 15.1. The second-order valence-corrected chi connectivity index (χ2v) is 7.44. The van der Waals surface area contributed by atoms with Gasteiger partial charge in [0.05, 0.1) is 17.3 Å². The van der Waals surface area contributed by atoms with Crippen molar-refractivity contribution < 1.29 is 4.74 Å². The number of benzene rings is 1. The van der Waals surface area contributed by atoms with E-state index in [1.165, 1.54) is 28.1 Å². The lowest BCUT2D eigenvalue weighted by Crippen LogP contribution is -2.49. The summed E-state index contributed by atoms with van der Waals surface area (Å²) >= 11 is 1.77. The van der Waals surface area contributed by atoms with Crippen LogP contribution in [0.1, 0.15) is 34.5 Å². The van der Waals surface area contributed by atoms with Crippen molar-refractivity contribution in [2.75, 3.05) is 13.7 Å². The average molecular weight is 330 g/mol. The molecule has 124 valence electrons. The molecular formula is C19H26N2OS. The molecule has 0 amide bonds. The molecular weight excluding hydrogens is 304 g/mol. The number of thiazole rings is 1. The Morgan fingerprint density at radius 2 is 2.04 bits per heavy atom. The highest BCUT2D eigenvalue weighted by molar-refractivity contribution is 7.09. The first-order chi connectivity index (χ1) is 11.2. The van der Waals surface area contributed by atoms with Gasteiger partial charge in [0.25, 0.3) is 0 Å². The van der Waals surface area contributed by atoms with Crippen molar-refractivity contribution in [3.63, 3.8) is 0 Å². The highest BCUT2D eigenvalue weighted by Gasteiger charge is 2.32. The van der Waals surface area contributed by atoms with Gasteiger partial charge in [-0.3, -0.25) is 4.90 Å². The number of hydrogen-bond donors (Lipinski definition) is 0. The molecule has 4 heteroatoms. The predicted octanol–water partition coefficient (Wildman–Crippen LogP) is 3.98. The standard InChI is InChI=1S/C19H26N2OS/c1-14-6-8-16(9-7-14)11-17-18(22-3)5-4-10-21(17)12-19-15(2)20-13-23-19/h6-9,13,17-18H,4-5,10-12H2,1-3H3/t17-,18-/m0/s1. The predicted molar refractivity (Wildman–Crippen MR) is 96.0 cm³/mol. The molecule has 0 spiro atoms. The molecule has 2 atom stereocenters. The second kappa shape index (κ2) is 7.56. The Morgan fingerprint density at radius 1 is 1.26 bits per heavy atom. The minimum absolute atomic E-state index is 0.318. The summed E-state index contributed by atoms with van der Waals surface area (Å²) in [5.74, 6) is 0. The maximum absolute atomic E-state index is 5.83. The zero-order valence-electron chi connectivity index (χ0n) is 14.3. The Balaban J connectivity index is 1.78. The molecule has 2 aromatic rings. The van der Waals surface area contributed by atoms with E-state index in [1.54, 1.807) is 11.3 Å². The number of aryl methyl sites for hydroxylation is 2. The third kappa shape index (κ3) is 4.00. The van der Waals surface area contributed by atoms with Gasteiger partial charge in [-0.25, -0.2) is 4.98 Å². The van der Waals surface area contributed by atoms with E-state index in [9.17, 15) is 0 Å². The molecule has 0 N–H and O–H groups in total. The lowest BCUT2D eigenvalue weighted by atomic mass is 9.92. The van der Waals surface area contributed by atoms with Crippen LogP contribution in [0.4, 0.5) is 0 Å². The molecule has 1 aliphatic heterocycles. The lowest BCUT2D eigenvalue weighted by molar-refractivity contribution is -0.0215. The fourth-order valence-corrected chi connectivity index (χ4v) is 4.25. The summed E-state index contributed by atoms with van der Waals surface area (Å²) in [7, 11) is 1.86. The Morgan fingerprint density at radius 3 is 2.70 bits per heavy atom. The molecule has 0 radical (unpaired) electrons. The molecule has 3 nitrogen and oxygen atoms in total. The Kier molecular flexibility index (Phi) is 5.46. The van der Waals surface area contributed by atoms with Gasteiger partial charge in [0.1, 0.15) is 0 Å². The molecule has 2 heterocycles. The fourth-order valence-electron chi connectivity index (χ4n) is 3.45. The van der Waals surface area contributed by atoms with Crippen LogP contribution in [-0.2, 0) is 17.7 Å². The summed E-state index contributed by atoms with van der Waals surface area (Å²) in [4.78, 5) is 8.38. The van der Waals surface area contributed by atoms with Crippen LogP contribution in [0.2, 0.25) is 0 Å². The summed E-state index contributed by atoms with van der Waals surface area (Å²) in [6.45, 7) is 6.39. The molecule has 1 aromatic heterocycles. The van der Waals surface area contributed by atoms with Crippen LogP contribution in [0.3, 0.4) is 0 Å². The highest BCUT2D eigenvalue weighted by Crippen LogP contribution is 2.27. The molecule has 0 bridgehead atoms. The van der Waals surface area contributed by atoms with E-state index in [1.807, 2.05) is 12.6 Å². The van der Waals surface area contributed by atoms with Gasteiger partial charge in [-0.2, -0.15) is 0 Å². The first kappa shape index (κ1) is 16.6. The summed E-state index contributed by atoms with van der Waals surface area (Å²) in [5.41, 5.74) is 5.84. The van der Waals surface area contributed by atoms with E-state index in [-0.39, 0.29) is 0 Å². The van der Waals surface area contributed by atoms with E-state index in [0.717, 1.165) is 25.9 Å². The number of piperidine rings is 1. The third-order valence-electron chi connectivity index (χ3n) is 4.89. The number of ether oxygens (including phenoxy) is 1. The number of aromatic nitrogens is 1. The molecule has 23 heavy (non-hydrogen) atoms. The summed E-state index contributed by atoms with van der Waals surface area (Å²) in [5, 5.41) is 0. The van der Waals surface area contributed by atoms with E-state index in [4.69, 9.17) is 4.74 Å². The van der Waals surface area contributed by atoms with E-state index >= 15 is 0 Å². The van der Waals surface area contributed by atoms with Gasteiger partial charge in [-0.1, -0.05) is 29.8 Å². The Bertz CT molecular complexity index is 623. The molecule has 0 unspecified atom stereocenters. The van der Waals surface area contributed by atoms with Gasteiger partial charge in [0.15, 0.2) is 0 Å². The maximum atomic E-state index is 5.83. The van der Waals surface area contributed by atoms with Gasteiger partial charge in [0, 0.05) is 24.6 Å². The van der Waals surface area contributed by atoms with Crippen LogP contribution in [0.5, 0.6) is 0 Å². The largest absolute Gasteiger partial charge is 0.380 e. The highest BCUT2D eigenvalue weighted by atomic mass is 32.1. The quantitative estimate of drug-likeness (QED) is 0.829. The monoisotopic (exact) mass is 330 g/mol. The van der Waals surface area contributed by atoms with Crippen LogP contribution >= 0.6 is 11.3 Å². The summed E-state index contributed by atoms with van der Waals surface area (Å²) < 4.78 is 5.83. The maximum Gasteiger partial charge on any atom is 0.0798 e. The van der Waals surface area contributed by atoms with Gasteiger partial charge >= 0.3 is 0 Å². The molecule has 1 aliphatic rings. The lowest BCUT2D eigenvalue weighted by Gasteiger charge is -2.40. The zero-order chi connectivity index (χ0) is 16.2. The second-order valence-electron chi connectivity index (χ2n) is 6.50. The Labute approximate surface area is 143 Å². The van der Waals surface area contributed by atoms with E-state index in [0.29, 0.717) is 12.1 Å². The number of rotatable bonds is 5. The van der Waals surface area contributed by atoms with Crippen LogP contribution in [-0.4, -0.2) is 35.7 Å². The minimum Gasteiger partial charge on any atom is -0.380 e. The van der Waals surface area contributed by atoms with Crippen molar-refractivity contribution in [2.24, 2.45) is 0 Å². The van der Waals surface area contributed by atoms with Crippen molar-refractivity contribution in [1.82, 2.24) is 9.88 Å². The van der Waals surface area contributed by atoms with Crippen molar-refractivity contribution in [2.45, 2.75) is 51.8 Å². The van der Waals surface area contributed by atoms with Crippen LogP contribution in [0, 0.1) is 13.8 Å². The summed E-state index contributed by atoms with van der Waals surface area (Å²) in [6.07, 6.45) is 3.74.